The van der Waals surface area contributed by atoms with Crippen LogP contribution in [-0.4, -0.2) is 20.9 Å². The second kappa shape index (κ2) is 3.70. The molecule has 1 aromatic carbocycles. The monoisotopic (exact) mass is 309 g/mol. The molecule has 0 bridgehead atoms. The molecule has 0 fully saturated rings. The van der Waals surface area contributed by atoms with Gasteiger partial charge in [-0.15, -0.1) is 3.89 Å². The van der Waals surface area contributed by atoms with E-state index in [1.165, 1.54) is 6.07 Å². The highest BCUT2D eigenvalue weighted by Gasteiger charge is 2.23. The second-order valence-electron chi connectivity index (χ2n) is 3.05. The minimum atomic E-state index is -4.82. The molecule has 2 rings (SSSR count). The van der Waals surface area contributed by atoms with Gasteiger partial charge in [0.15, 0.2) is 6.61 Å². The highest BCUT2D eigenvalue weighted by atomic mass is 79.9. The van der Waals surface area contributed by atoms with Crippen LogP contribution >= 0.6 is 15.9 Å². The van der Waals surface area contributed by atoms with Gasteiger partial charge in [0.1, 0.15) is 10.6 Å². The van der Waals surface area contributed by atoms with Gasteiger partial charge in [-0.1, -0.05) is 0 Å². The van der Waals surface area contributed by atoms with E-state index in [0.717, 1.165) is 6.07 Å². The van der Waals surface area contributed by atoms with Crippen molar-refractivity contribution in [3.05, 3.63) is 16.6 Å². The average Bonchev–Trinajstić information content (AvgIpc) is 2.14. The molecular formula is C8H5BrFNO4S. The standard InChI is InChI=1S/C8H5BrFNO4S/c9-4-1-5-6(15-3-8(12)11-5)2-7(4)16(10,13)14/h1-2H,3H2,(H,11,12). The predicted octanol–water partition coefficient (Wildman–Crippen LogP) is 1.44. The molecule has 1 heterocycles. The number of carbonyl (C=O) groups excluding carboxylic acids is 1. The number of hydrogen-bond acceptors (Lipinski definition) is 4. The van der Waals surface area contributed by atoms with E-state index in [-0.39, 0.29) is 22.7 Å². The van der Waals surface area contributed by atoms with Crippen molar-refractivity contribution in [3.63, 3.8) is 0 Å². The fraction of sp³-hybridized carbons (Fsp3) is 0.125. The Balaban J connectivity index is 2.59. The number of amides is 1. The van der Waals surface area contributed by atoms with Crippen LogP contribution in [0.2, 0.25) is 0 Å². The first-order valence-electron chi connectivity index (χ1n) is 4.09. The number of nitrogens with one attached hydrogen (secondary N) is 1. The van der Waals surface area contributed by atoms with Gasteiger partial charge in [0.05, 0.1) is 5.69 Å². The molecule has 0 saturated heterocycles. The fourth-order valence-corrected chi connectivity index (χ4v) is 2.73. The maximum atomic E-state index is 12.8. The van der Waals surface area contributed by atoms with Crippen LogP contribution in [0.4, 0.5) is 9.57 Å². The lowest BCUT2D eigenvalue weighted by atomic mass is 10.2. The first kappa shape index (κ1) is 11.3. The average molecular weight is 310 g/mol. The first-order valence-corrected chi connectivity index (χ1v) is 6.26. The lowest BCUT2D eigenvalue weighted by molar-refractivity contribution is -0.118. The number of ether oxygens (including phenoxy) is 1. The molecule has 0 spiro atoms. The van der Waals surface area contributed by atoms with Crippen molar-refractivity contribution in [3.8, 4) is 5.75 Å². The normalized spacial score (nSPS) is 15.0. The summed E-state index contributed by atoms with van der Waals surface area (Å²) in [5.41, 5.74) is 0.301. The van der Waals surface area contributed by atoms with E-state index in [1.807, 2.05) is 0 Å². The number of carbonyl (C=O) groups is 1. The van der Waals surface area contributed by atoms with Crippen molar-refractivity contribution >= 4 is 37.7 Å². The number of anilines is 1. The molecule has 0 aromatic heterocycles. The van der Waals surface area contributed by atoms with Gasteiger partial charge < -0.3 is 10.1 Å². The van der Waals surface area contributed by atoms with E-state index >= 15 is 0 Å². The van der Waals surface area contributed by atoms with Gasteiger partial charge in [-0.3, -0.25) is 4.79 Å². The quantitative estimate of drug-likeness (QED) is 0.797. The largest absolute Gasteiger partial charge is 0.482 e. The van der Waals surface area contributed by atoms with Gasteiger partial charge in [0, 0.05) is 10.5 Å². The van der Waals surface area contributed by atoms with Gasteiger partial charge >= 0.3 is 10.2 Å². The van der Waals surface area contributed by atoms with Crippen molar-refractivity contribution in [1.29, 1.82) is 0 Å². The Morgan fingerprint density at radius 3 is 2.75 bits per heavy atom. The van der Waals surface area contributed by atoms with E-state index in [9.17, 15) is 17.1 Å². The lowest BCUT2D eigenvalue weighted by Gasteiger charge is -2.18. The summed E-state index contributed by atoms with van der Waals surface area (Å²) in [4.78, 5) is 10.4. The second-order valence-corrected chi connectivity index (χ2v) is 5.22. The third-order valence-electron chi connectivity index (χ3n) is 1.93. The Labute approximate surface area is 98.9 Å². The Morgan fingerprint density at radius 1 is 1.44 bits per heavy atom. The minimum Gasteiger partial charge on any atom is -0.482 e. The number of rotatable bonds is 1. The fourth-order valence-electron chi connectivity index (χ4n) is 1.27. The third kappa shape index (κ3) is 2.03. The third-order valence-corrected chi connectivity index (χ3v) is 3.71. The van der Waals surface area contributed by atoms with Crippen molar-refractivity contribution in [2.24, 2.45) is 0 Å². The zero-order chi connectivity index (χ0) is 11.9. The molecule has 1 aliphatic rings. The molecule has 0 atom stereocenters. The summed E-state index contributed by atoms with van der Waals surface area (Å²) < 4.78 is 39.3. The molecule has 1 aliphatic heterocycles. The molecule has 1 aromatic rings. The highest BCUT2D eigenvalue weighted by Crippen LogP contribution is 2.36. The Morgan fingerprint density at radius 2 is 2.12 bits per heavy atom. The van der Waals surface area contributed by atoms with Crippen LogP contribution in [0.5, 0.6) is 5.75 Å². The Kier molecular flexibility index (Phi) is 2.62. The number of benzene rings is 1. The molecule has 16 heavy (non-hydrogen) atoms. The van der Waals surface area contributed by atoms with Crippen molar-refractivity contribution in [2.45, 2.75) is 4.90 Å². The lowest BCUT2D eigenvalue weighted by Crippen LogP contribution is -2.25. The van der Waals surface area contributed by atoms with Gasteiger partial charge in [-0.2, -0.15) is 8.42 Å². The molecule has 8 heteroatoms. The zero-order valence-electron chi connectivity index (χ0n) is 7.66. The highest BCUT2D eigenvalue weighted by molar-refractivity contribution is 9.10. The van der Waals surface area contributed by atoms with Crippen LogP contribution in [0.15, 0.2) is 21.5 Å². The molecular weight excluding hydrogens is 305 g/mol. The van der Waals surface area contributed by atoms with Crippen LogP contribution in [0.25, 0.3) is 0 Å². The van der Waals surface area contributed by atoms with Crippen molar-refractivity contribution in [1.82, 2.24) is 0 Å². The zero-order valence-corrected chi connectivity index (χ0v) is 10.1. The smallest absolute Gasteiger partial charge is 0.333 e. The Hall–Kier alpha value is -1.15. The summed E-state index contributed by atoms with van der Waals surface area (Å²) in [7, 11) is -4.82. The summed E-state index contributed by atoms with van der Waals surface area (Å²) in [5.74, 6) is -0.228. The SMILES string of the molecule is O=C1COc2cc(S(=O)(=O)F)c(Br)cc2N1. The number of fused-ring (bicyclic) bond motifs is 1. The molecule has 86 valence electrons. The maximum Gasteiger partial charge on any atom is 0.333 e. The molecule has 0 unspecified atom stereocenters. The van der Waals surface area contributed by atoms with E-state index in [1.54, 1.807) is 0 Å². The van der Waals surface area contributed by atoms with Crippen LogP contribution in [0.1, 0.15) is 0 Å². The van der Waals surface area contributed by atoms with Crippen molar-refractivity contribution < 1.29 is 21.8 Å². The summed E-state index contributed by atoms with van der Waals surface area (Å²) >= 11 is 2.91. The minimum absolute atomic E-state index is 0.0274. The summed E-state index contributed by atoms with van der Waals surface area (Å²) in [5, 5.41) is 2.47. The van der Waals surface area contributed by atoms with E-state index in [2.05, 4.69) is 21.2 Å². The molecule has 5 nitrogen and oxygen atoms in total. The van der Waals surface area contributed by atoms with Crippen LogP contribution in [0.3, 0.4) is 0 Å². The summed E-state index contributed by atoms with van der Waals surface area (Å²) in [6.07, 6.45) is 0. The molecule has 1 amide bonds. The summed E-state index contributed by atoms with van der Waals surface area (Å²) in [6.45, 7) is -0.222. The van der Waals surface area contributed by atoms with E-state index < -0.39 is 15.1 Å². The van der Waals surface area contributed by atoms with Gasteiger partial charge in [0.25, 0.3) is 5.91 Å². The summed E-state index contributed by atoms with van der Waals surface area (Å²) in [6, 6.07) is 2.30. The van der Waals surface area contributed by atoms with Crippen LogP contribution < -0.4 is 10.1 Å². The molecule has 1 N–H and O–H groups in total. The number of halogens is 2. The van der Waals surface area contributed by atoms with E-state index in [4.69, 9.17) is 4.74 Å². The van der Waals surface area contributed by atoms with Gasteiger partial charge in [0.2, 0.25) is 0 Å². The predicted molar refractivity (Wildman–Crippen MR) is 56.6 cm³/mol. The molecule has 0 radical (unpaired) electrons. The Bertz CT molecular complexity index is 572. The first-order chi connectivity index (χ1) is 7.38. The van der Waals surface area contributed by atoms with Gasteiger partial charge in [-0.05, 0) is 22.0 Å². The van der Waals surface area contributed by atoms with Crippen molar-refractivity contribution in [2.75, 3.05) is 11.9 Å². The topological polar surface area (TPSA) is 72.5 Å². The molecule has 0 aliphatic carbocycles. The van der Waals surface area contributed by atoms with E-state index in [0.29, 0.717) is 5.69 Å². The number of hydrogen-bond donors (Lipinski definition) is 1. The van der Waals surface area contributed by atoms with Crippen LogP contribution in [-0.2, 0) is 15.0 Å². The molecule has 0 saturated carbocycles. The van der Waals surface area contributed by atoms with Crippen LogP contribution in [0, 0.1) is 0 Å². The van der Waals surface area contributed by atoms with Gasteiger partial charge in [-0.25, -0.2) is 0 Å². The maximum absolute atomic E-state index is 12.8.